The van der Waals surface area contributed by atoms with E-state index in [-0.39, 0.29) is 57.8 Å². The Labute approximate surface area is 377 Å². The summed E-state index contributed by atoms with van der Waals surface area (Å²) in [5.41, 5.74) is 0.921. The third kappa shape index (κ3) is 24.5. The lowest BCUT2D eigenvalue weighted by atomic mass is 10.1. The molecule has 63 heavy (non-hydrogen) atoms. The zero-order valence-corrected chi connectivity index (χ0v) is 37.8. The van der Waals surface area contributed by atoms with Crippen LogP contribution in [0.4, 0.5) is 4.79 Å². The first-order chi connectivity index (χ1) is 30.4. The van der Waals surface area contributed by atoms with Crippen LogP contribution >= 0.6 is 15.9 Å². The van der Waals surface area contributed by atoms with Gasteiger partial charge in [0.1, 0.15) is 32.3 Å². The lowest BCUT2D eigenvalue weighted by Crippen LogP contribution is -2.51. The van der Waals surface area contributed by atoms with Crippen molar-refractivity contribution in [2.24, 2.45) is 0 Å². The van der Waals surface area contributed by atoms with Gasteiger partial charge >= 0.3 is 18.0 Å². The first-order valence-corrected chi connectivity index (χ1v) is 22.0. The monoisotopic (exact) mass is 956 g/mol. The molecule has 0 aliphatic carbocycles. The fourth-order valence-corrected chi connectivity index (χ4v) is 6.93. The Morgan fingerprint density at radius 3 is 1.67 bits per heavy atom. The highest BCUT2D eigenvalue weighted by Gasteiger charge is 2.24. The molecule has 1 saturated heterocycles. The molecule has 354 valence electrons. The van der Waals surface area contributed by atoms with Crippen LogP contribution in [-0.2, 0) is 54.3 Å². The SMILES string of the molecule is CCCC(NC(=O)NC(CCCCN(Cc1ccc(Br)cc1)C(=O)CCCCCNC(=O)CN1CCN(COC=O)CCN(COC=O)CCN(COC=O)CC1)C(=O)O)C(=O)O. The summed E-state index contributed by atoms with van der Waals surface area (Å²) in [6, 6.07) is 4.36. The molecule has 0 saturated carbocycles. The van der Waals surface area contributed by atoms with Crippen molar-refractivity contribution >= 4 is 65.1 Å². The van der Waals surface area contributed by atoms with E-state index in [2.05, 4.69) is 31.9 Å². The molecular formula is C41H65BrN8O13. The van der Waals surface area contributed by atoms with Crippen LogP contribution in [0.5, 0.6) is 0 Å². The number of rotatable bonds is 30. The molecule has 2 atom stereocenters. The summed E-state index contributed by atoms with van der Waals surface area (Å²) in [5.74, 6) is -2.70. The largest absolute Gasteiger partial charge is 0.480 e. The van der Waals surface area contributed by atoms with Gasteiger partial charge in [-0.05, 0) is 56.2 Å². The number of carboxylic acid groups (broad SMARTS) is 2. The Hall–Kier alpha value is -4.90. The van der Waals surface area contributed by atoms with Gasteiger partial charge in [-0.1, -0.05) is 47.8 Å². The Morgan fingerprint density at radius 2 is 1.19 bits per heavy atom. The number of nitrogens with zero attached hydrogens (tertiary/aromatic N) is 5. The predicted molar refractivity (Wildman–Crippen MR) is 232 cm³/mol. The van der Waals surface area contributed by atoms with Crippen LogP contribution in [0.25, 0.3) is 0 Å². The highest BCUT2D eigenvalue weighted by atomic mass is 79.9. The maximum atomic E-state index is 13.5. The van der Waals surface area contributed by atoms with Crippen LogP contribution in [0.15, 0.2) is 28.7 Å². The van der Waals surface area contributed by atoms with Crippen molar-refractivity contribution < 1.29 is 62.8 Å². The number of unbranched alkanes of at least 4 members (excludes halogenated alkanes) is 3. The second kappa shape index (κ2) is 32.7. The van der Waals surface area contributed by atoms with Crippen LogP contribution in [0.3, 0.4) is 0 Å². The van der Waals surface area contributed by atoms with E-state index in [4.69, 9.17) is 14.2 Å². The minimum atomic E-state index is -1.25. The zero-order chi connectivity index (χ0) is 46.2. The third-order valence-electron chi connectivity index (χ3n) is 10.3. The van der Waals surface area contributed by atoms with Crippen molar-refractivity contribution in [2.75, 3.05) is 92.2 Å². The van der Waals surface area contributed by atoms with Gasteiger partial charge in [-0.2, -0.15) is 0 Å². The van der Waals surface area contributed by atoms with Gasteiger partial charge < -0.3 is 45.3 Å². The fraction of sp³-hybridized carbons (Fsp3) is 0.659. The highest BCUT2D eigenvalue weighted by molar-refractivity contribution is 9.10. The number of benzene rings is 1. The molecule has 5 N–H and O–H groups in total. The molecule has 22 heteroatoms. The number of carbonyl (C=O) groups is 8. The number of nitrogens with one attached hydrogen (secondary N) is 3. The van der Waals surface area contributed by atoms with Crippen molar-refractivity contribution in [3.05, 3.63) is 34.3 Å². The first kappa shape index (κ1) is 54.2. The average Bonchev–Trinajstić information content (AvgIpc) is 3.25. The standard InChI is InChI=1S/C41H65BrN8O13/c1-2-8-35(39(56)57)44-41(60)45-36(40(58)59)9-5-7-16-50(25-33-11-13-34(42)14-12-33)38(55)10-4-3-6-15-43-37(54)26-46-17-19-47(27-61-30-51)21-23-49(29-63-32-53)24-22-48(20-18-46)28-62-31-52/h11-14,30-32,35-36H,2-10,15-29H2,1H3,(H,43,54)(H,56,57)(H,58,59)(H2,44,45,60). The van der Waals surface area contributed by atoms with E-state index in [9.17, 15) is 48.6 Å². The Morgan fingerprint density at radius 1 is 0.698 bits per heavy atom. The molecule has 0 bridgehead atoms. The number of carboxylic acids is 2. The smallest absolute Gasteiger partial charge is 0.326 e. The summed E-state index contributed by atoms with van der Waals surface area (Å²) in [7, 11) is 0. The molecule has 1 fully saturated rings. The molecule has 1 aliphatic heterocycles. The van der Waals surface area contributed by atoms with Crippen LogP contribution in [0.1, 0.15) is 70.3 Å². The zero-order valence-electron chi connectivity index (χ0n) is 36.2. The van der Waals surface area contributed by atoms with Gasteiger partial charge in [0.25, 0.3) is 19.4 Å². The third-order valence-corrected chi connectivity index (χ3v) is 10.8. The van der Waals surface area contributed by atoms with Crippen molar-refractivity contribution in [1.82, 2.24) is 40.4 Å². The quantitative estimate of drug-likeness (QED) is 0.0413. The molecule has 21 nitrogen and oxygen atoms in total. The normalized spacial score (nSPS) is 15.6. The van der Waals surface area contributed by atoms with Gasteiger partial charge in [-0.15, -0.1) is 0 Å². The summed E-state index contributed by atoms with van der Waals surface area (Å²) < 4.78 is 15.9. The van der Waals surface area contributed by atoms with Crippen molar-refractivity contribution in [2.45, 2.75) is 83.3 Å². The summed E-state index contributed by atoms with van der Waals surface area (Å²) in [6.07, 6.45) is 3.85. The summed E-state index contributed by atoms with van der Waals surface area (Å²) in [5, 5.41) is 26.6. The lowest BCUT2D eigenvalue weighted by Gasteiger charge is -2.33. The van der Waals surface area contributed by atoms with Crippen molar-refractivity contribution in [3.8, 4) is 0 Å². The van der Waals surface area contributed by atoms with Gasteiger partial charge in [-0.3, -0.25) is 43.6 Å². The minimum absolute atomic E-state index is 0.0559. The molecule has 4 amide bonds. The highest BCUT2D eigenvalue weighted by Crippen LogP contribution is 2.15. The molecule has 0 spiro atoms. The second-order valence-electron chi connectivity index (χ2n) is 15.1. The van der Waals surface area contributed by atoms with Crippen molar-refractivity contribution in [1.29, 1.82) is 0 Å². The first-order valence-electron chi connectivity index (χ1n) is 21.3. The second-order valence-corrected chi connectivity index (χ2v) is 16.0. The molecule has 2 unspecified atom stereocenters. The Kier molecular flexibility index (Phi) is 28.2. The van der Waals surface area contributed by atoms with E-state index >= 15 is 0 Å². The van der Waals surface area contributed by atoms with E-state index in [1.54, 1.807) is 11.8 Å². The number of hydrogen-bond acceptors (Lipinski definition) is 15. The predicted octanol–water partition coefficient (Wildman–Crippen LogP) is 1.24. The van der Waals surface area contributed by atoms with Gasteiger partial charge in [0, 0.05) is 82.9 Å². The molecule has 2 rings (SSSR count). The van der Waals surface area contributed by atoms with E-state index in [1.807, 2.05) is 43.9 Å². The number of amides is 4. The number of carbonyl (C=O) groups excluding carboxylic acids is 6. The van der Waals surface area contributed by atoms with Crippen LogP contribution in [-0.4, -0.2) is 188 Å². The number of halogens is 1. The number of hydrogen-bond donors (Lipinski definition) is 5. The van der Waals surface area contributed by atoms with Gasteiger partial charge in [0.05, 0.1) is 6.54 Å². The van der Waals surface area contributed by atoms with Crippen LogP contribution in [0, 0.1) is 0 Å². The topological polar surface area (TPSA) is 257 Å². The van der Waals surface area contributed by atoms with Gasteiger partial charge in [0.15, 0.2) is 0 Å². The maximum absolute atomic E-state index is 13.5. The summed E-state index contributed by atoms with van der Waals surface area (Å²) >= 11 is 3.43. The van der Waals surface area contributed by atoms with Crippen molar-refractivity contribution in [3.63, 3.8) is 0 Å². The maximum Gasteiger partial charge on any atom is 0.326 e. The fourth-order valence-electron chi connectivity index (χ4n) is 6.67. The number of urea groups is 1. The van der Waals surface area contributed by atoms with Gasteiger partial charge in [-0.25, -0.2) is 14.4 Å². The molecular weight excluding hydrogens is 892 g/mol. The number of aliphatic carboxylic acids is 2. The molecule has 1 aromatic carbocycles. The molecule has 1 aliphatic rings. The summed E-state index contributed by atoms with van der Waals surface area (Å²) in [6.45, 7) is 8.22. The Balaban J connectivity index is 1.90. The number of ether oxygens (including phenoxy) is 3. The molecule has 0 radical (unpaired) electrons. The lowest BCUT2D eigenvalue weighted by molar-refractivity contribution is -0.139. The summed E-state index contributed by atoms with van der Waals surface area (Å²) in [4.78, 5) is 104. The van der Waals surface area contributed by atoms with E-state index in [0.29, 0.717) is 130 Å². The van der Waals surface area contributed by atoms with E-state index < -0.39 is 30.1 Å². The Bertz CT molecular complexity index is 1520. The molecule has 1 aromatic rings. The van der Waals surface area contributed by atoms with E-state index in [1.165, 1.54) is 0 Å². The van der Waals surface area contributed by atoms with Crippen LogP contribution < -0.4 is 16.0 Å². The van der Waals surface area contributed by atoms with Gasteiger partial charge in [0.2, 0.25) is 11.8 Å². The molecule has 1 heterocycles. The van der Waals surface area contributed by atoms with Crippen LogP contribution in [0.2, 0.25) is 0 Å². The van der Waals surface area contributed by atoms with E-state index in [0.717, 1.165) is 10.0 Å². The minimum Gasteiger partial charge on any atom is -0.480 e. The molecule has 0 aromatic heterocycles. The average molecular weight is 958 g/mol.